The molecule has 0 aromatic heterocycles. The number of nitro benzene ring substituents is 1. The Kier molecular flexibility index (Phi) is 5.16. The van der Waals surface area contributed by atoms with E-state index in [-0.39, 0.29) is 5.02 Å². The highest BCUT2D eigenvalue weighted by Gasteiger charge is 2.27. The molecule has 0 amide bonds. The number of carboxylic acid groups (broad SMARTS) is 1. The molecule has 0 bridgehead atoms. The van der Waals surface area contributed by atoms with Crippen LogP contribution in [0.4, 0.5) is 15.8 Å². The maximum Gasteiger partial charge on any atom is 0.340 e. The summed E-state index contributed by atoms with van der Waals surface area (Å²) in [6, 6.07) is 4.42. The fraction of sp³-hybridized carbons (Fsp3) is 0. The number of benzene rings is 2. The first-order valence-corrected chi connectivity index (χ1v) is 8.46. The quantitative estimate of drug-likeness (QED) is 0.575. The first kappa shape index (κ1) is 18.9. The molecule has 0 aliphatic carbocycles. The maximum absolute atomic E-state index is 13.6. The average molecular weight is 409 g/mol. The van der Waals surface area contributed by atoms with E-state index in [0.29, 0.717) is 6.07 Å². The molecule has 8 nitrogen and oxygen atoms in total. The lowest BCUT2D eigenvalue weighted by atomic mass is 10.2. The zero-order valence-corrected chi connectivity index (χ0v) is 14.2. The molecule has 132 valence electrons. The second-order valence-electron chi connectivity index (χ2n) is 4.56. The van der Waals surface area contributed by atoms with Gasteiger partial charge >= 0.3 is 5.97 Å². The number of nitrogens with zero attached hydrogens (tertiary/aromatic N) is 1. The molecule has 0 fully saturated rings. The van der Waals surface area contributed by atoms with Crippen molar-refractivity contribution in [1.29, 1.82) is 0 Å². The normalized spacial score (nSPS) is 11.2. The van der Waals surface area contributed by atoms with Crippen LogP contribution in [-0.4, -0.2) is 24.4 Å². The third kappa shape index (κ3) is 3.81. The van der Waals surface area contributed by atoms with Crippen LogP contribution in [-0.2, 0) is 10.0 Å². The molecule has 0 radical (unpaired) electrons. The van der Waals surface area contributed by atoms with Gasteiger partial charge in [0.1, 0.15) is 21.3 Å². The largest absolute Gasteiger partial charge is 0.478 e. The van der Waals surface area contributed by atoms with E-state index >= 15 is 0 Å². The van der Waals surface area contributed by atoms with Crippen molar-refractivity contribution in [2.75, 3.05) is 4.72 Å². The van der Waals surface area contributed by atoms with Gasteiger partial charge in [0.15, 0.2) is 0 Å². The van der Waals surface area contributed by atoms with Gasteiger partial charge in [0.05, 0.1) is 15.6 Å². The summed E-state index contributed by atoms with van der Waals surface area (Å²) in [7, 11) is -4.56. The Bertz CT molecular complexity index is 996. The number of hydrogen-bond acceptors (Lipinski definition) is 5. The number of hydrogen-bond donors (Lipinski definition) is 2. The summed E-state index contributed by atoms with van der Waals surface area (Å²) in [5.74, 6) is -2.87. The Hall–Kier alpha value is -2.43. The van der Waals surface area contributed by atoms with Crippen molar-refractivity contribution in [3.05, 3.63) is 61.9 Å². The number of halogens is 3. The number of aromatic carboxylic acids is 1. The highest BCUT2D eigenvalue weighted by atomic mass is 35.5. The predicted octanol–water partition coefficient (Wildman–Crippen LogP) is 3.54. The smallest absolute Gasteiger partial charge is 0.340 e. The third-order valence-corrected chi connectivity index (χ3v) is 5.09. The lowest BCUT2D eigenvalue weighted by Gasteiger charge is -2.12. The van der Waals surface area contributed by atoms with E-state index in [1.807, 2.05) is 4.72 Å². The van der Waals surface area contributed by atoms with Crippen LogP contribution in [0.5, 0.6) is 0 Å². The zero-order chi connectivity index (χ0) is 18.9. The first-order chi connectivity index (χ1) is 11.5. The minimum Gasteiger partial charge on any atom is -0.478 e. The first-order valence-electron chi connectivity index (χ1n) is 6.22. The lowest BCUT2D eigenvalue weighted by molar-refractivity contribution is -0.384. The van der Waals surface area contributed by atoms with E-state index in [1.54, 1.807) is 0 Å². The molecule has 0 atom stereocenters. The van der Waals surface area contributed by atoms with Crippen LogP contribution in [0.15, 0.2) is 35.2 Å². The third-order valence-electron chi connectivity index (χ3n) is 2.96. The molecule has 2 rings (SSSR count). The molecule has 0 aliphatic heterocycles. The summed E-state index contributed by atoms with van der Waals surface area (Å²) < 4.78 is 40.3. The molecule has 0 unspecified atom stereocenters. The van der Waals surface area contributed by atoms with E-state index in [1.165, 1.54) is 0 Å². The van der Waals surface area contributed by atoms with Gasteiger partial charge in [-0.2, -0.15) is 0 Å². The van der Waals surface area contributed by atoms with Crippen LogP contribution < -0.4 is 4.72 Å². The van der Waals surface area contributed by atoms with Crippen molar-refractivity contribution in [1.82, 2.24) is 0 Å². The highest BCUT2D eigenvalue weighted by molar-refractivity contribution is 7.92. The van der Waals surface area contributed by atoms with Crippen molar-refractivity contribution in [2.45, 2.75) is 4.90 Å². The summed E-state index contributed by atoms with van der Waals surface area (Å²) in [4.78, 5) is 20.4. The standard InChI is InChI=1S/C13H7Cl2FN2O6S/c14-6-4-7(15)11(5-10(6)18(21)22)25(23,24)17-9-3-1-2-8(16)12(9)13(19)20/h1-5,17H,(H,19,20). The molecule has 0 saturated heterocycles. The van der Waals surface area contributed by atoms with Crippen molar-refractivity contribution >= 4 is 50.6 Å². The molecule has 12 heteroatoms. The van der Waals surface area contributed by atoms with Crippen molar-refractivity contribution in [3.8, 4) is 0 Å². The summed E-state index contributed by atoms with van der Waals surface area (Å²) in [5.41, 5.74) is -2.20. The van der Waals surface area contributed by atoms with Crippen molar-refractivity contribution in [2.24, 2.45) is 0 Å². The second-order valence-corrected chi connectivity index (χ2v) is 7.03. The summed E-state index contributed by atoms with van der Waals surface area (Å²) in [6.45, 7) is 0. The van der Waals surface area contributed by atoms with Crippen LogP contribution in [0, 0.1) is 15.9 Å². The number of carboxylic acids is 1. The highest BCUT2D eigenvalue weighted by Crippen LogP contribution is 2.34. The predicted molar refractivity (Wildman–Crippen MR) is 87.3 cm³/mol. The molecular weight excluding hydrogens is 402 g/mol. The average Bonchev–Trinajstić information content (AvgIpc) is 2.45. The van der Waals surface area contributed by atoms with Crippen LogP contribution in [0.1, 0.15) is 10.4 Å². The van der Waals surface area contributed by atoms with Gasteiger partial charge in [-0.25, -0.2) is 17.6 Å². The van der Waals surface area contributed by atoms with E-state index in [2.05, 4.69) is 0 Å². The zero-order valence-electron chi connectivity index (χ0n) is 11.9. The summed E-state index contributed by atoms with van der Waals surface area (Å²) in [5, 5.41) is 19.1. The number of anilines is 1. The Morgan fingerprint density at radius 1 is 1.24 bits per heavy atom. The lowest BCUT2D eigenvalue weighted by Crippen LogP contribution is -2.17. The van der Waals surface area contributed by atoms with E-state index in [9.17, 15) is 27.7 Å². The number of carbonyl (C=O) groups is 1. The molecule has 0 spiro atoms. The molecule has 2 N–H and O–H groups in total. The molecule has 25 heavy (non-hydrogen) atoms. The molecule has 0 aliphatic rings. The number of nitro groups is 1. The van der Waals surface area contributed by atoms with Gasteiger partial charge in [-0.3, -0.25) is 14.8 Å². The van der Waals surface area contributed by atoms with Gasteiger partial charge in [-0.1, -0.05) is 29.3 Å². The van der Waals surface area contributed by atoms with Gasteiger partial charge < -0.3 is 5.11 Å². The Labute approximate surface area is 150 Å². The van der Waals surface area contributed by atoms with Gasteiger partial charge in [-0.15, -0.1) is 0 Å². The van der Waals surface area contributed by atoms with E-state index < -0.39 is 53.6 Å². The Balaban J connectivity index is 2.59. The minimum atomic E-state index is -4.56. The fourth-order valence-corrected chi connectivity index (χ4v) is 3.80. The number of sulfonamides is 1. The number of rotatable bonds is 5. The van der Waals surface area contributed by atoms with Crippen LogP contribution >= 0.6 is 23.2 Å². The molecule has 2 aromatic carbocycles. The molecule has 0 saturated carbocycles. The van der Waals surface area contributed by atoms with Gasteiger partial charge in [0, 0.05) is 6.07 Å². The Morgan fingerprint density at radius 2 is 1.88 bits per heavy atom. The van der Waals surface area contributed by atoms with Crippen LogP contribution in [0.25, 0.3) is 0 Å². The monoisotopic (exact) mass is 408 g/mol. The minimum absolute atomic E-state index is 0.383. The second kappa shape index (κ2) is 6.82. The van der Waals surface area contributed by atoms with Crippen LogP contribution in [0.3, 0.4) is 0 Å². The molecular formula is C13H7Cl2FN2O6S. The van der Waals surface area contributed by atoms with E-state index in [0.717, 1.165) is 24.3 Å². The van der Waals surface area contributed by atoms with Crippen LogP contribution in [0.2, 0.25) is 10.0 Å². The fourth-order valence-electron chi connectivity index (χ4n) is 1.89. The summed E-state index contributed by atoms with van der Waals surface area (Å²) in [6.07, 6.45) is 0. The number of nitrogens with one attached hydrogen (secondary N) is 1. The van der Waals surface area contributed by atoms with Gasteiger partial charge in [0.25, 0.3) is 15.7 Å². The molecule has 2 aromatic rings. The van der Waals surface area contributed by atoms with Gasteiger partial charge in [-0.05, 0) is 18.2 Å². The summed E-state index contributed by atoms with van der Waals surface area (Å²) >= 11 is 11.4. The van der Waals surface area contributed by atoms with Crippen molar-refractivity contribution < 1.29 is 27.6 Å². The van der Waals surface area contributed by atoms with Gasteiger partial charge in [0.2, 0.25) is 0 Å². The van der Waals surface area contributed by atoms with E-state index in [4.69, 9.17) is 28.3 Å². The SMILES string of the molecule is O=C(O)c1c(F)cccc1NS(=O)(=O)c1cc([N+](=O)[O-])c(Cl)cc1Cl. The van der Waals surface area contributed by atoms with Crippen molar-refractivity contribution in [3.63, 3.8) is 0 Å². The topological polar surface area (TPSA) is 127 Å². The molecule has 0 heterocycles. The Morgan fingerprint density at radius 3 is 2.44 bits per heavy atom. The maximum atomic E-state index is 13.6.